The number of nitrogens with zero attached hydrogens (tertiary/aromatic N) is 1. The number of carbonyl (C=O) groups excluding carboxylic acids is 2. The first-order chi connectivity index (χ1) is 11.1. The van der Waals surface area contributed by atoms with Crippen molar-refractivity contribution in [2.24, 2.45) is 0 Å². The number of thioether (sulfide) groups is 1. The van der Waals surface area contributed by atoms with E-state index in [1.165, 1.54) is 17.3 Å². The summed E-state index contributed by atoms with van der Waals surface area (Å²) >= 11 is 1.35. The smallest absolute Gasteiger partial charge is 0.341 e. The zero-order valence-electron chi connectivity index (χ0n) is 13.0. The fourth-order valence-corrected chi connectivity index (χ4v) is 2.48. The highest BCUT2D eigenvalue weighted by atomic mass is 32.2. The number of esters is 1. The van der Waals surface area contributed by atoms with E-state index in [4.69, 9.17) is 4.74 Å². The average Bonchev–Trinajstić information content (AvgIpc) is 2.60. The minimum Gasteiger partial charge on any atom is -0.452 e. The normalized spacial score (nSPS) is 10.2. The summed E-state index contributed by atoms with van der Waals surface area (Å²) in [6.45, 7) is 1.73. The van der Waals surface area contributed by atoms with Gasteiger partial charge in [-0.2, -0.15) is 0 Å². The zero-order valence-corrected chi connectivity index (χ0v) is 13.9. The highest BCUT2D eigenvalue weighted by molar-refractivity contribution is 7.98. The third kappa shape index (κ3) is 4.82. The van der Waals surface area contributed by atoms with Gasteiger partial charge < -0.3 is 10.1 Å². The van der Waals surface area contributed by atoms with Crippen molar-refractivity contribution in [3.63, 3.8) is 0 Å². The topological polar surface area (TPSA) is 68.3 Å². The Morgan fingerprint density at radius 2 is 1.96 bits per heavy atom. The van der Waals surface area contributed by atoms with Gasteiger partial charge in [0.25, 0.3) is 5.91 Å². The molecule has 6 heteroatoms. The fraction of sp³-hybridized carbons (Fsp3) is 0.235. The molecule has 1 heterocycles. The lowest BCUT2D eigenvalue weighted by molar-refractivity contribution is -0.119. The van der Waals surface area contributed by atoms with Crippen LogP contribution in [-0.2, 0) is 16.0 Å². The molecule has 0 bridgehead atoms. The maximum atomic E-state index is 12.0. The Morgan fingerprint density at radius 3 is 2.61 bits per heavy atom. The number of nitrogens with one attached hydrogen (secondary N) is 1. The molecule has 0 aliphatic heterocycles. The fourth-order valence-electron chi connectivity index (χ4n) is 1.94. The minimum atomic E-state index is -0.557. The molecule has 120 valence electrons. The second-order valence-corrected chi connectivity index (χ2v) is 5.53. The van der Waals surface area contributed by atoms with Crippen molar-refractivity contribution < 1.29 is 14.3 Å². The van der Waals surface area contributed by atoms with Crippen LogP contribution in [-0.4, -0.2) is 29.7 Å². The van der Waals surface area contributed by atoms with E-state index in [9.17, 15) is 9.59 Å². The largest absolute Gasteiger partial charge is 0.452 e. The van der Waals surface area contributed by atoms with E-state index in [1.54, 1.807) is 18.3 Å². The molecule has 23 heavy (non-hydrogen) atoms. The molecule has 2 rings (SSSR count). The molecule has 0 radical (unpaired) electrons. The van der Waals surface area contributed by atoms with Gasteiger partial charge in [-0.05, 0) is 42.5 Å². The maximum absolute atomic E-state index is 12.0. The second-order valence-electron chi connectivity index (χ2n) is 4.74. The lowest BCUT2D eigenvalue weighted by atomic mass is 10.1. The summed E-state index contributed by atoms with van der Waals surface area (Å²) in [4.78, 5) is 27.9. The molecule has 2 aromatic rings. The lowest BCUT2D eigenvalue weighted by Crippen LogP contribution is -2.21. The summed E-state index contributed by atoms with van der Waals surface area (Å²) in [5, 5.41) is 3.27. The predicted octanol–water partition coefficient (Wildman–Crippen LogP) is 3.16. The van der Waals surface area contributed by atoms with Crippen molar-refractivity contribution in [3.8, 4) is 0 Å². The Kier molecular flexibility index (Phi) is 6.17. The van der Waals surface area contributed by atoms with Crippen LogP contribution in [0.4, 0.5) is 5.69 Å². The van der Waals surface area contributed by atoms with E-state index in [2.05, 4.69) is 17.2 Å². The number of aryl methyl sites for hydroxylation is 1. The highest BCUT2D eigenvalue weighted by Crippen LogP contribution is 2.17. The molecule has 0 aliphatic carbocycles. The van der Waals surface area contributed by atoms with E-state index in [0.717, 1.165) is 6.42 Å². The summed E-state index contributed by atoms with van der Waals surface area (Å²) in [5.74, 6) is -0.934. The monoisotopic (exact) mass is 330 g/mol. The van der Waals surface area contributed by atoms with Crippen LogP contribution in [0.25, 0.3) is 0 Å². The number of anilines is 1. The van der Waals surface area contributed by atoms with E-state index >= 15 is 0 Å². The summed E-state index contributed by atoms with van der Waals surface area (Å²) in [6.07, 6.45) is 4.37. The van der Waals surface area contributed by atoms with E-state index < -0.39 is 5.97 Å². The molecule has 0 spiro atoms. The molecule has 0 unspecified atom stereocenters. The second kappa shape index (κ2) is 8.33. The van der Waals surface area contributed by atoms with Gasteiger partial charge in [0.1, 0.15) is 5.03 Å². The highest BCUT2D eigenvalue weighted by Gasteiger charge is 2.14. The van der Waals surface area contributed by atoms with Gasteiger partial charge in [0.05, 0.1) is 5.56 Å². The van der Waals surface area contributed by atoms with Gasteiger partial charge in [0.2, 0.25) is 0 Å². The molecule has 0 atom stereocenters. The predicted molar refractivity (Wildman–Crippen MR) is 90.8 cm³/mol. The molecule has 5 nitrogen and oxygen atoms in total. The number of hydrogen-bond acceptors (Lipinski definition) is 5. The number of benzene rings is 1. The van der Waals surface area contributed by atoms with Gasteiger partial charge in [0.15, 0.2) is 6.61 Å². The molecule has 1 amide bonds. The van der Waals surface area contributed by atoms with Crippen LogP contribution in [0.3, 0.4) is 0 Å². The standard InChI is InChI=1S/C17H18N2O3S/c1-3-12-6-8-13(9-7-12)19-15(20)11-22-17(21)14-5-4-10-18-16(14)23-2/h4-10H,3,11H2,1-2H3,(H,19,20). The van der Waals surface area contributed by atoms with Crippen molar-refractivity contribution >= 4 is 29.3 Å². The third-order valence-electron chi connectivity index (χ3n) is 3.16. The first-order valence-corrected chi connectivity index (χ1v) is 8.41. The van der Waals surface area contributed by atoms with Crippen LogP contribution in [0.5, 0.6) is 0 Å². The average molecular weight is 330 g/mol. The molecule has 0 saturated heterocycles. The summed E-state index contributed by atoms with van der Waals surface area (Å²) < 4.78 is 5.05. The van der Waals surface area contributed by atoms with Crippen LogP contribution in [0.2, 0.25) is 0 Å². The van der Waals surface area contributed by atoms with Gasteiger partial charge in [-0.1, -0.05) is 19.1 Å². The van der Waals surface area contributed by atoms with Crippen LogP contribution >= 0.6 is 11.8 Å². The third-order valence-corrected chi connectivity index (χ3v) is 3.88. The molecule has 1 N–H and O–H groups in total. The van der Waals surface area contributed by atoms with Crippen LogP contribution in [0.15, 0.2) is 47.6 Å². The maximum Gasteiger partial charge on any atom is 0.341 e. The minimum absolute atomic E-state index is 0.336. The number of pyridine rings is 1. The Labute approximate surface area is 139 Å². The lowest BCUT2D eigenvalue weighted by Gasteiger charge is -2.08. The summed E-state index contributed by atoms with van der Waals surface area (Å²) in [7, 11) is 0. The van der Waals surface area contributed by atoms with Crippen molar-refractivity contribution in [2.75, 3.05) is 18.2 Å². The molecular weight excluding hydrogens is 312 g/mol. The van der Waals surface area contributed by atoms with Crippen LogP contribution in [0.1, 0.15) is 22.8 Å². The quantitative estimate of drug-likeness (QED) is 0.651. The van der Waals surface area contributed by atoms with Gasteiger partial charge in [0, 0.05) is 11.9 Å². The first kappa shape index (κ1) is 17.0. The van der Waals surface area contributed by atoms with E-state index in [-0.39, 0.29) is 12.5 Å². The number of hydrogen-bond donors (Lipinski definition) is 1. The molecule has 1 aromatic heterocycles. The molecule has 1 aromatic carbocycles. The zero-order chi connectivity index (χ0) is 16.7. The van der Waals surface area contributed by atoms with Crippen molar-refractivity contribution in [1.29, 1.82) is 0 Å². The number of amides is 1. The van der Waals surface area contributed by atoms with E-state index in [1.807, 2.05) is 30.5 Å². The van der Waals surface area contributed by atoms with Gasteiger partial charge in [-0.15, -0.1) is 11.8 Å². The molecule has 0 fully saturated rings. The van der Waals surface area contributed by atoms with Crippen molar-refractivity contribution in [2.45, 2.75) is 18.4 Å². The van der Waals surface area contributed by atoms with Crippen molar-refractivity contribution in [3.05, 3.63) is 53.7 Å². The number of ether oxygens (including phenoxy) is 1. The molecule has 0 saturated carbocycles. The van der Waals surface area contributed by atoms with Gasteiger partial charge in [-0.25, -0.2) is 9.78 Å². The molecular formula is C17H18N2O3S. The Morgan fingerprint density at radius 1 is 1.22 bits per heavy atom. The molecule has 0 aliphatic rings. The van der Waals surface area contributed by atoms with Crippen LogP contribution in [0, 0.1) is 0 Å². The van der Waals surface area contributed by atoms with Gasteiger partial charge >= 0.3 is 5.97 Å². The summed E-state index contributed by atoms with van der Waals surface area (Å²) in [5.41, 5.74) is 2.23. The SMILES string of the molecule is CCc1ccc(NC(=O)COC(=O)c2cccnc2SC)cc1. The summed E-state index contributed by atoms with van der Waals surface area (Å²) in [6, 6.07) is 10.8. The first-order valence-electron chi connectivity index (χ1n) is 7.19. The number of aromatic nitrogens is 1. The Balaban J connectivity index is 1.89. The van der Waals surface area contributed by atoms with Gasteiger partial charge in [-0.3, -0.25) is 4.79 Å². The number of carbonyl (C=O) groups is 2. The number of rotatable bonds is 6. The van der Waals surface area contributed by atoms with Crippen LogP contribution < -0.4 is 5.32 Å². The van der Waals surface area contributed by atoms with Crippen molar-refractivity contribution in [1.82, 2.24) is 4.98 Å². The Bertz CT molecular complexity index is 686. The van der Waals surface area contributed by atoms with E-state index in [0.29, 0.717) is 16.3 Å². The Hall–Kier alpha value is -2.34.